The van der Waals surface area contributed by atoms with Crippen molar-refractivity contribution in [3.8, 4) is 0 Å². The molecule has 6 unspecified atom stereocenters. The molecule has 0 aromatic carbocycles. The lowest BCUT2D eigenvalue weighted by molar-refractivity contribution is -0.127. The van der Waals surface area contributed by atoms with Gasteiger partial charge < -0.3 is 11.1 Å². The predicted molar refractivity (Wildman–Crippen MR) is 67.2 cm³/mol. The molecule has 0 aliphatic heterocycles. The Balaban J connectivity index is 1.59. The van der Waals surface area contributed by atoms with Crippen molar-refractivity contribution in [3.05, 3.63) is 0 Å². The summed E-state index contributed by atoms with van der Waals surface area (Å²) in [5.41, 5.74) is 6.21. The summed E-state index contributed by atoms with van der Waals surface area (Å²) in [7, 11) is 0. The van der Waals surface area contributed by atoms with Crippen LogP contribution in [0.1, 0.15) is 45.4 Å². The average Bonchev–Trinajstić information content (AvgIpc) is 2.94. The first kappa shape index (κ1) is 11.5. The molecule has 3 rings (SSSR count). The number of nitrogens with one attached hydrogen (secondary N) is 1. The molecule has 3 fully saturated rings. The van der Waals surface area contributed by atoms with Gasteiger partial charge in [-0.3, -0.25) is 4.79 Å². The molecule has 0 radical (unpaired) electrons. The van der Waals surface area contributed by atoms with E-state index in [1.54, 1.807) is 0 Å². The van der Waals surface area contributed by atoms with Gasteiger partial charge >= 0.3 is 0 Å². The molecule has 3 saturated carbocycles. The van der Waals surface area contributed by atoms with Gasteiger partial charge in [0.2, 0.25) is 5.91 Å². The van der Waals surface area contributed by atoms with Crippen molar-refractivity contribution >= 4 is 5.91 Å². The Morgan fingerprint density at radius 2 is 1.88 bits per heavy atom. The number of hydrogen-bond donors (Lipinski definition) is 2. The van der Waals surface area contributed by atoms with Gasteiger partial charge in [-0.05, 0) is 56.3 Å². The molecule has 0 heterocycles. The minimum Gasteiger partial charge on any atom is -0.353 e. The van der Waals surface area contributed by atoms with Crippen LogP contribution in [0.3, 0.4) is 0 Å². The standard InChI is InChI=1S/C14H24N2O/c1-8-2-5-11(6-8)16-14(17)12-9-3-4-10(7-9)13(12)15/h8-13H,2-7,15H2,1H3,(H,16,17). The van der Waals surface area contributed by atoms with Gasteiger partial charge in [0.15, 0.2) is 0 Å². The number of carbonyl (C=O) groups is 1. The number of rotatable bonds is 2. The zero-order chi connectivity index (χ0) is 12.0. The Morgan fingerprint density at radius 3 is 2.47 bits per heavy atom. The summed E-state index contributed by atoms with van der Waals surface area (Å²) in [6.07, 6.45) is 7.23. The lowest BCUT2D eigenvalue weighted by Crippen LogP contribution is -2.47. The van der Waals surface area contributed by atoms with Gasteiger partial charge in [0.1, 0.15) is 0 Å². The fourth-order valence-corrected chi connectivity index (χ4v) is 4.36. The first-order valence-corrected chi connectivity index (χ1v) is 7.21. The topological polar surface area (TPSA) is 55.1 Å². The van der Waals surface area contributed by atoms with Crippen molar-refractivity contribution in [2.75, 3.05) is 0 Å². The Bertz CT molecular complexity index is 315. The van der Waals surface area contributed by atoms with E-state index in [0.717, 1.165) is 18.8 Å². The highest BCUT2D eigenvalue weighted by Gasteiger charge is 2.49. The third-order valence-electron chi connectivity index (χ3n) is 5.32. The average molecular weight is 236 g/mol. The van der Waals surface area contributed by atoms with Gasteiger partial charge in [-0.15, -0.1) is 0 Å². The number of carbonyl (C=O) groups excluding carboxylic acids is 1. The fraction of sp³-hybridized carbons (Fsp3) is 0.929. The zero-order valence-corrected chi connectivity index (χ0v) is 10.7. The van der Waals surface area contributed by atoms with Crippen LogP contribution in [0.15, 0.2) is 0 Å². The molecule has 0 spiro atoms. The lowest BCUT2D eigenvalue weighted by Gasteiger charge is -2.28. The minimum atomic E-state index is 0.115. The summed E-state index contributed by atoms with van der Waals surface area (Å²) in [5, 5.41) is 3.25. The van der Waals surface area contributed by atoms with Crippen molar-refractivity contribution in [2.24, 2.45) is 29.4 Å². The van der Waals surface area contributed by atoms with E-state index in [1.807, 2.05) is 0 Å². The lowest BCUT2D eigenvalue weighted by atomic mass is 9.84. The van der Waals surface area contributed by atoms with Crippen LogP contribution in [-0.4, -0.2) is 18.0 Å². The van der Waals surface area contributed by atoms with Crippen LogP contribution in [0.5, 0.6) is 0 Å². The van der Waals surface area contributed by atoms with Crippen LogP contribution in [0.25, 0.3) is 0 Å². The molecule has 2 bridgehead atoms. The molecule has 0 saturated heterocycles. The molecule has 96 valence electrons. The van der Waals surface area contributed by atoms with Crippen LogP contribution >= 0.6 is 0 Å². The highest BCUT2D eigenvalue weighted by Crippen LogP contribution is 2.47. The van der Waals surface area contributed by atoms with Gasteiger partial charge in [-0.2, -0.15) is 0 Å². The summed E-state index contributed by atoms with van der Waals surface area (Å²) in [4.78, 5) is 12.3. The highest BCUT2D eigenvalue weighted by atomic mass is 16.2. The van der Waals surface area contributed by atoms with Crippen molar-refractivity contribution in [3.63, 3.8) is 0 Å². The minimum absolute atomic E-state index is 0.115. The van der Waals surface area contributed by atoms with Gasteiger partial charge in [0, 0.05) is 12.1 Å². The highest BCUT2D eigenvalue weighted by molar-refractivity contribution is 5.80. The van der Waals surface area contributed by atoms with E-state index < -0.39 is 0 Å². The SMILES string of the molecule is CC1CCC(NC(=O)C2C3CCC(C3)C2N)C1. The van der Waals surface area contributed by atoms with Crippen LogP contribution < -0.4 is 11.1 Å². The Morgan fingerprint density at radius 1 is 1.12 bits per heavy atom. The Kier molecular flexibility index (Phi) is 2.89. The monoisotopic (exact) mass is 236 g/mol. The molecule has 3 N–H and O–H groups in total. The zero-order valence-electron chi connectivity index (χ0n) is 10.7. The molecule has 3 aliphatic carbocycles. The van der Waals surface area contributed by atoms with Crippen LogP contribution in [0.2, 0.25) is 0 Å². The molecule has 17 heavy (non-hydrogen) atoms. The third kappa shape index (κ3) is 1.99. The first-order valence-electron chi connectivity index (χ1n) is 7.21. The molecule has 0 aromatic heterocycles. The smallest absolute Gasteiger partial charge is 0.225 e. The number of amides is 1. The van der Waals surface area contributed by atoms with E-state index in [4.69, 9.17) is 5.73 Å². The number of nitrogens with two attached hydrogens (primary N) is 1. The Labute approximate surface area is 104 Å². The normalized spacial score (nSPS) is 48.6. The maximum absolute atomic E-state index is 12.3. The Hall–Kier alpha value is -0.570. The summed E-state index contributed by atoms with van der Waals surface area (Å²) in [6, 6.07) is 0.552. The second kappa shape index (κ2) is 4.27. The largest absolute Gasteiger partial charge is 0.353 e. The molecule has 1 amide bonds. The molecule has 3 heteroatoms. The molecule has 6 atom stereocenters. The second-order valence-corrected chi connectivity index (χ2v) is 6.56. The third-order valence-corrected chi connectivity index (χ3v) is 5.32. The first-order chi connectivity index (χ1) is 8.15. The van der Waals surface area contributed by atoms with Crippen molar-refractivity contribution in [1.29, 1.82) is 0 Å². The maximum atomic E-state index is 12.3. The van der Waals surface area contributed by atoms with Crippen molar-refractivity contribution in [1.82, 2.24) is 5.32 Å². The van der Waals surface area contributed by atoms with E-state index >= 15 is 0 Å². The molecule has 0 aromatic rings. The van der Waals surface area contributed by atoms with E-state index in [9.17, 15) is 4.79 Å². The van der Waals surface area contributed by atoms with Gasteiger partial charge in [0.05, 0.1) is 5.92 Å². The predicted octanol–water partition coefficient (Wildman–Crippen LogP) is 1.66. The van der Waals surface area contributed by atoms with Crippen molar-refractivity contribution in [2.45, 2.75) is 57.5 Å². The summed E-state index contributed by atoms with van der Waals surface area (Å²) in [5.74, 6) is 2.34. The number of fused-ring (bicyclic) bond motifs is 2. The van der Waals surface area contributed by atoms with E-state index in [2.05, 4.69) is 12.2 Å². The second-order valence-electron chi connectivity index (χ2n) is 6.56. The van der Waals surface area contributed by atoms with Gasteiger partial charge in [0.25, 0.3) is 0 Å². The summed E-state index contributed by atoms with van der Waals surface area (Å²) in [6.45, 7) is 2.27. The van der Waals surface area contributed by atoms with Gasteiger partial charge in [-0.1, -0.05) is 6.92 Å². The molecule has 3 nitrogen and oxygen atoms in total. The number of hydrogen-bond acceptors (Lipinski definition) is 2. The fourth-order valence-electron chi connectivity index (χ4n) is 4.36. The summed E-state index contributed by atoms with van der Waals surface area (Å²) >= 11 is 0. The van der Waals surface area contributed by atoms with E-state index in [-0.39, 0.29) is 17.9 Å². The maximum Gasteiger partial charge on any atom is 0.225 e. The molecular weight excluding hydrogens is 212 g/mol. The van der Waals surface area contributed by atoms with Crippen LogP contribution in [0.4, 0.5) is 0 Å². The van der Waals surface area contributed by atoms with Crippen LogP contribution in [-0.2, 0) is 4.79 Å². The molecule has 3 aliphatic rings. The molecular formula is C14H24N2O. The summed E-state index contributed by atoms with van der Waals surface area (Å²) < 4.78 is 0. The quantitative estimate of drug-likeness (QED) is 0.766. The van der Waals surface area contributed by atoms with Gasteiger partial charge in [-0.25, -0.2) is 0 Å². The van der Waals surface area contributed by atoms with E-state index in [0.29, 0.717) is 17.9 Å². The van der Waals surface area contributed by atoms with Crippen molar-refractivity contribution < 1.29 is 4.79 Å². The van der Waals surface area contributed by atoms with Crippen LogP contribution in [0, 0.1) is 23.7 Å². The van der Waals surface area contributed by atoms with E-state index in [1.165, 1.54) is 25.7 Å².